The van der Waals surface area contributed by atoms with Gasteiger partial charge in [0.25, 0.3) is 0 Å². The van der Waals surface area contributed by atoms with E-state index in [1.807, 2.05) is 0 Å². The first-order valence-electron chi connectivity index (χ1n) is 18.2. The van der Waals surface area contributed by atoms with Crippen molar-refractivity contribution in [3.63, 3.8) is 0 Å². The highest BCUT2D eigenvalue weighted by molar-refractivity contribution is 7.47. The molecule has 262 valence electrons. The average molecular weight is 649 g/mol. The maximum atomic E-state index is 12.4. The summed E-state index contributed by atoms with van der Waals surface area (Å²) in [7, 11) is -3.18. The van der Waals surface area contributed by atoms with E-state index < -0.39 is 26.5 Å². The van der Waals surface area contributed by atoms with Crippen molar-refractivity contribution in [3.05, 3.63) is 0 Å². The Hall–Kier alpha value is -0.950. The van der Waals surface area contributed by atoms with Crippen molar-refractivity contribution in [1.82, 2.24) is 0 Å². The lowest BCUT2D eigenvalue weighted by Gasteiger charge is -2.19. The van der Waals surface area contributed by atoms with Crippen LogP contribution in [0.4, 0.5) is 0 Å². The van der Waals surface area contributed by atoms with Crippen LogP contribution in [0, 0.1) is 0 Å². The second-order valence-corrected chi connectivity index (χ2v) is 13.9. The molecule has 8 nitrogen and oxygen atoms in total. The van der Waals surface area contributed by atoms with Crippen molar-refractivity contribution in [2.24, 2.45) is 0 Å². The van der Waals surface area contributed by atoms with Gasteiger partial charge in [0.15, 0.2) is 6.10 Å². The van der Waals surface area contributed by atoms with Crippen molar-refractivity contribution in [3.8, 4) is 0 Å². The molecule has 44 heavy (non-hydrogen) atoms. The molecule has 0 aromatic rings. The van der Waals surface area contributed by atoms with Crippen molar-refractivity contribution in [2.45, 2.75) is 193 Å². The van der Waals surface area contributed by atoms with Crippen LogP contribution in [0.15, 0.2) is 0 Å². The van der Waals surface area contributed by atoms with Gasteiger partial charge in [-0.2, -0.15) is 0 Å². The maximum Gasteiger partial charge on any atom is 0.472 e. The van der Waals surface area contributed by atoms with Crippen molar-refractivity contribution in [1.29, 1.82) is 0 Å². The Morgan fingerprint density at radius 1 is 0.545 bits per heavy atom. The van der Waals surface area contributed by atoms with E-state index in [1.165, 1.54) is 122 Å². The van der Waals surface area contributed by atoms with Crippen molar-refractivity contribution < 1.29 is 37.6 Å². The first kappa shape index (κ1) is 43.0. The lowest BCUT2D eigenvalue weighted by atomic mass is 10.0. The van der Waals surface area contributed by atoms with Gasteiger partial charge in [0.2, 0.25) is 0 Å². The zero-order valence-electron chi connectivity index (χ0n) is 28.8. The zero-order chi connectivity index (χ0) is 32.6. The molecule has 0 saturated heterocycles. The summed E-state index contributed by atoms with van der Waals surface area (Å²) >= 11 is 0. The molecule has 9 heteroatoms. The summed E-state index contributed by atoms with van der Waals surface area (Å²) in [5.41, 5.74) is 0. The molecular weight excluding hydrogens is 579 g/mol. The van der Waals surface area contributed by atoms with Gasteiger partial charge in [-0.3, -0.25) is 18.6 Å². The normalized spacial score (nSPS) is 13.5. The first-order valence-corrected chi connectivity index (χ1v) is 19.7. The first-order chi connectivity index (χ1) is 21.3. The minimum absolute atomic E-state index is 0.217. The van der Waals surface area contributed by atoms with Gasteiger partial charge >= 0.3 is 19.8 Å². The van der Waals surface area contributed by atoms with Gasteiger partial charge in [-0.1, -0.05) is 162 Å². The van der Waals surface area contributed by atoms with Crippen LogP contribution < -0.4 is 0 Å². The van der Waals surface area contributed by atoms with Gasteiger partial charge < -0.3 is 14.4 Å². The Balaban J connectivity index is 4.04. The molecule has 0 amide bonds. The number of carbonyl (C=O) groups is 2. The zero-order valence-corrected chi connectivity index (χ0v) is 29.7. The maximum absolute atomic E-state index is 12.4. The van der Waals surface area contributed by atoms with E-state index in [0.29, 0.717) is 6.42 Å². The number of phosphoric ester groups is 1. The van der Waals surface area contributed by atoms with Gasteiger partial charge in [-0.05, 0) is 12.8 Å². The number of unbranched alkanes of at least 4 members (excludes halogenated alkanes) is 23. The van der Waals surface area contributed by atoms with Crippen molar-refractivity contribution >= 4 is 19.8 Å². The Bertz CT molecular complexity index is 702. The molecule has 0 aromatic carbocycles. The van der Waals surface area contributed by atoms with E-state index in [9.17, 15) is 19.0 Å². The molecule has 0 heterocycles. The third kappa shape index (κ3) is 31.0. The highest BCUT2D eigenvalue weighted by atomic mass is 31.2. The molecule has 1 N–H and O–H groups in total. The number of hydrogen-bond donors (Lipinski definition) is 1. The van der Waals surface area contributed by atoms with E-state index in [4.69, 9.17) is 14.0 Å². The molecule has 0 bridgehead atoms. The van der Waals surface area contributed by atoms with Crippen LogP contribution in [0.3, 0.4) is 0 Å². The molecular formula is C35H69O8P. The van der Waals surface area contributed by atoms with Crippen LogP contribution >= 0.6 is 7.82 Å². The lowest BCUT2D eigenvalue weighted by molar-refractivity contribution is -0.161. The summed E-state index contributed by atoms with van der Waals surface area (Å²) in [5.74, 6) is -0.794. The Kier molecular flexibility index (Phi) is 31.3. The number of carbonyl (C=O) groups excluding carboxylic acids is 2. The summed E-state index contributed by atoms with van der Waals surface area (Å²) in [5, 5.41) is 0. The second kappa shape index (κ2) is 32.0. The van der Waals surface area contributed by atoms with E-state index in [0.717, 1.165) is 45.6 Å². The smallest absolute Gasteiger partial charge is 0.462 e. The van der Waals surface area contributed by atoms with E-state index in [1.54, 1.807) is 0 Å². The van der Waals surface area contributed by atoms with Gasteiger partial charge in [-0.15, -0.1) is 0 Å². The number of phosphoric acid groups is 1. The average Bonchev–Trinajstić information content (AvgIpc) is 3.01. The summed E-state index contributed by atoms with van der Waals surface area (Å²) in [4.78, 5) is 34.2. The monoisotopic (exact) mass is 648 g/mol. The quantitative estimate of drug-likeness (QED) is 0.0417. The van der Waals surface area contributed by atoms with Crippen LogP contribution in [-0.2, 0) is 32.7 Å². The predicted octanol–water partition coefficient (Wildman–Crippen LogP) is 10.8. The van der Waals surface area contributed by atoms with Crippen LogP contribution in [0.1, 0.15) is 187 Å². The molecule has 0 radical (unpaired) electrons. The van der Waals surface area contributed by atoms with Crippen LogP contribution in [0.5, 0.6) is 0 Å². The fourth-order valence-electron chi connectivity index (χ4n) is 5.25. The second-order valence-electron chi connectivity index (χ2n) is 12.4. The Morgan fingerprint density at radius 3 is 1.25 bits per heavy atom. The number of ether oxygens (including phenoxy) is 2. The molecule has 0 aromatic heterocycles. The Labute approximate surface area is 270 Å². The molecule has 0 aliphatic carbocycles. The van der Waals surface area contributed by atoms with Gasteiger partial charge in [0.1, 0.15) is 6.61 Å². The standard InChI is InChI=1S/C35H69O8P/c1-4-6-8-10-12-14-16-17-18-20-22-24-26-28-30-35(37)43-33(32-42-44(38,39)40-3)31-41-34(36)29-27-25-23-21-19-15-13-11-9-7-5-2/h33H,4-32H2,1-3H3,(H,38,39). The summed E-state index contributed by atoms with van der Waals surface area (Å²) < 4.78 is 31.8. The summed E-state index contributed by atoms with van der Waals surface area (Å²) in [6.07, 6.45) is 30.1. The largest absolute Gasteiger partial charge is 0.472 e. The molecule has 2 unspecified atom stereocenters. The predicted molar refractivity (Wildman–Crippen MR) is 180 cm³/mol. The lowest BCUT2D eigenvalue weighted by Crippen LogP contribution is -2.29. The molecule has 0 spiro atoms. The fraction of sp³-hybridized carbons (Fsp3) is 0.943. The number of rotatable bonds is 34. The SMILES string of the molecule is CCCCCCCCCCCCCCCCC(=O)OC(COC(=O)CCCCCCCCCCCCC)COP(=O)(O)OC. The van der Waals surface area contributed by atoms with Crippen LogP contribution in [0.25, 0.3) is 0 Å². The summed E-state index contributed by atoms with van der Waals surface area (Å²) in [6.45, 7) is 3.88. The van der Waals surface area contributed by atoms with Crippen LogP contribution in [-0.4, -0.2) is 43.3 Å². The van der Waals surface area contributed by atoms with Crippen molar-refractivity contribution in [2.75, 3.05) is 20.3 Å². The molecule has 2 atom stereocenters. The molecule has 0 saturated carbocycles. The van der Waals surface area contributed by atoms with Gasteiger partial charge in [-0.25, -0.2) is 4.57 Å². The number of hydrogen-bond acceptors (Lipinski definition) is 7. The highest BCUT2D eigenvalue weighted by Crippen LogP contribution is 2.42. The highest BCUT2D eigenvalue weighted by Gasteiger charge is 2.24. The van der Waals surface area contributed by atoms with E-state index in [2.05, 4.69) is 18.4 Å². The van der Waals surface area contributed by atoms with Gasteiger partial charge in [0.05, 0.1) is 6.61 Å². The fourth-order valence-corrected chi connectivity index (χ4v) is 5.71. The van der Waals surface area contributed by atoms with E-state index >= 15 is 0 Å². The minimum atomic E-state index is -4.24. The minimum Gasteiger partial charge on any atom is -0.462 e. The van der Waals surface area contributed by atoms with Crippen LogP contribution in [0.2, 0.25) is 0 Å². The third-order valence-corrected chi connectivity index (χ3v) is 9.04. The third-order valence-electron chi connectivity index (χ3n) is 8.10. The summed E-state index contributed by atoms with van der Waals surface area (Å²) in [6, 6.07) is 0. The molecule has 0 rings (SSSR count). The molecule has 0 aliphatic heterocycles. The van der Waals surface area contributed by atoms with E-state index in [-0.39, 0.29) is 19.0 Å². The number of esters is 2. The molecule has 0 fully saturated rings. The molecule has 0 aliphatic rings. The topological polar surface area (TPSA) is 108 Å². The Morgan fingerprint density at radius 2 is 0.886 bits per heavy atom. The van der Waals surface area contributed by atoms with Gasteiger partial charge in [0, 0.05) is 20.0 Å².